The number of fused-ring (bicyclic) bond motifs is 1. The van der Waals surface area contributed by atoms with Gasteiger partial charge in [0.05, 0.1) is 12.7 Å². The van der Waals surface area contributed by atoms with Crippen LogP contribution in [0, 0.1) is 0 Å². The molecule has 0 bridgehead atoms. The van der Waals surface area contributed by atoms with Crippen molar-refractivity contribution in [2.75, 3.05) is 11.9 Å². The average Bonchev–Trinajstić information content (AvgIpc) is 2.96. The summed E-state index contributed by atoms with van der Waals surface area (Å²) in [5.74, 6) is 0. The molecule has 2 aromatic heterocycles. The standard InChI is InChI=1S/C11H11N5O/c1-2-4-10-9(3-1)14-11(17-10)12-5-7-16-8-6-13-15-16/h1-4,6,8H,5,7H2,(H,12,14). The van der Waals surface area contributed by atoms with Gasteiger partial charge in [0.25, 0.3) is 6.01 Å². The molecule has 1 N–H and O–H groups in total. The molecular weight excluding hydrogens is 218 g/mol. The van der Waals surface area contributed by atoms with Crippen molar-refractivity contribution in [3.05, 3.63) is 36.7 Å². The lowest BCUT2D eigenvalue weighted by Gasteiger charge is -2.00. The van der Waals surface area contributed by atoms with E-state index >= 15 is 0 Å². The zero-order valence-electron chi connectivity index (χ0n) is 9.08. The van der Waals surface area contributed by atoms with E-state index in [1.165, 1.54) is 0 Å². The Bertz CT molecular complexity index is 568. The molecule has 0 amide bonds. The molecule has 17 heavy (non-hydrogen) atoms. The molecule has 3 aromatic rings. The van der Waals surface area contributed by atoms with Crippen LogP contribution in [0.2, 0.25) is 0 Å². The summed E-state index contributed by atoms with van der Waals surface area (Å²) in [4.78, 5) is 4.31. The van der Waals surface area contributed by atoms with Crippen LogP contribution in [-0.2, 0) is 6.54 Å². The number of nitrogens with zero attached hydrogens (tertiary/aromatic N) is 4. The van der Waals surface area contributed by atoms with Crippen LogP contribution in [0.15, 0.2) is 41.1 Å². The van der Waals surface area contributed by atoms with Crippen molar-refractivity contribution < 1.29 is 4.42 Å². The molecule has 3 rings (SSSR count). The predicted octanol–water partition coefficient (Wildman–Crippen LogP) is 1.53. The molecule has 2 heterocycles. The maximum Gasteiger partial charge on any atom is 0.295 e. The first-order chi connectivity index (χ1) is 8.42. The van der Waals surface area contributed by atoms with Crippen LogP contribution >= 0.6 is 0 Å². The van der Waals surface area contributed by atoms with Crippen LogP contribution in [0.5, 0.6) is 0 Å². The van der Waals surface area contributed by atoms with E-state index in [2.05, 4.69) is 20.6 Å². The number of aromatic nitrogens is 4. The highest BCUT2D eigenvalue weighted by molar-refractivity contribution is 5.74. The van der Waals surface area contributed by atoms with E-state index in [1.54, 1.807) is 10.9 Å². The summed E-state index contributed by atoms with van der Waals surface area (Å²) in [6.45, 7) is 1.41. The topological polar surface area (TPSA) is 68.8 Å². The Morgan fingerprint density at radius 3 is 3.06 bits per heavy atom. The third-order valence-corrected chi connectivity index (χ3v) is 2.38. The van der Waals surface area contributed by atoms with E-state index in [9.17, 15) is 0 Å². The second-order valence-corrected chi connectivity index (χ2v) is 3.58. The van der Waals surface area contributed by atoms with Crippen molar-refractivity contribution in [1.29, 1.82) is 0 Å². The largest absolute Gasteiger partial charge is 0.424 e. The minimum absolute atomic E-state index is 0.534. The average molecular weight is 229 g/mol. The fourth-order valence-electron chi connectivity index (χ4n) is 1.58. The third kappa shape index (κ3) is 2.10. The molecule has 0 radical (unpaired) electrons. The fraction of sp³-hybridized carbons (Fsp3) is 0.182. The molecule has 0 aliphatic heterocycles. The Hall–Kier alpha value is -2.37. The van der Waals surface area contributed by atoms with Gasteiger partial charge in [-0.2, -0.15) is 4.98 Å². The lowest BCUT2D eigenvalue weighted by molar-refractivity contribution is 0.581. The van der Waals surface area contributed by atoms with Gasteiger partial charge in [-0.15, -0.1) is 5.10 Å². The van der Waals surface area contributed by atoms with E-state index in [0.717, 1.165) is 17.6 Å². The molecule has 0 fully saturated rings. The SMILES string of the molecule is c1ccc2oc(NCCn3ccnn3)nc2c1. The maximum atomic E-state index is 5.52. The summed E-state index contributed by atoms with van der Waals surface area (Å²) < 4.78 is 7.27. The summed E-state index contributed by atoms with van der Waals surface area (Å²) in [6, 6.07) is 8.20. The Labute approximate surface area is 97.3 Å². The normalized spacial score (nSPS) is 10.8. The van der Waals surface area contributed by atoms with E-state index < -0.39 is 0 Å². The second kappa shape index (κ2) is 4.25. The maximum absolute atomic E-state index is 5.52. The van der Waals surface area contributed by atoms with Crippen molar-refractivity contribution in [2.45, 2.75) is 6.54 Å². The molecular formula is C11H11N5O. The molecule has 0 aliphatic carbocycles. The molecule has 86 valence electrons. The van der Waals surface area contributed by atoms with E-state index in [1.807, 2.05) is 30.5 Å². The van der Waals surface area contributed by atoms with Crippen LogP contribution in [0.3, 0.4) is 0 Å². The number of nitrogens with one attached hydrogen (secondary N) is 1. The van der Waals surface area contributed by atoms with E-state index in [0.29, 0.717) is 12.6 Å². The summed E-state index contributed by atoms with van der Waals surface area (Å²) in [6.07, 6.45) is 3.47. The second-order valence-electron chi connectivity index (χ2n) is 3.58. The van der Waals surface area contributed by atoms with Gasteiger partial charge in [0.2, 0.25) is 0 Å². The van der Waals surface area contributed by atoms with Crippen LogP contribution in [0.4, 0.5) is 6.01 Å². The van der Waals surface area contributed by atoms with Crippen molar-refractivity contribution >= 4 is 17.1 Å². The summed E-state index contributed by atoms with van der Waals surface area (Å²) in [7, 11) is 0. The molecule has 0 spiro atoms. The zero-order chi connectivity index (χ0) is 11.5. The quantitative estimate of drug-likeness (QED) is 0.734. The molecule has 0 saturated carbocycles. The Kier molecular flexibility index (Phi) is 2.45. The summed E-state index contributed by atoms with van der Waals surface area (Å²) in [5.41, 5.74) is 1.64. The van der Waals surface area contributed by atoms with Crippen LogP contribution in [0.25, 0.3) is 11.1 Å². The van der Waals surface area contributed by atoms with Gasteiger partial charge < -0.3 is 9.73 Å². The minimum atomic E-state index is 0.534. The van der Waals surface area contributed by atoms with Crippen LogP contribution < -0.4 is 5.32 Å². The number of para-hydroxylation sites is 2. The van der Waals surface area contributed by atoms with Gasteiger partial charge >= 0.3 is 0 Å². The predicted molar refractivity (Wildman–Crippen MR) is 62.5 cm³/mol. The number of anilines is 1. The molecule has 6 heteroatoms. The molecule has 0 aliphatic rings. The first kappa shape index (κ1) is 9.83. The molecule has 0 unspecified atom stereocenters. The Morgan fingerprint density at radius 2 is 2.24 bits per heavy atom. The van der Waals surface area contributed by atoms with Gasteiger partial charge in [0.1, 0.15) is 5.52 Å². The van der Waals surface area contributed by atoms with Crippen molar-refractivity contribution in [3.8, 4) is 0 Å². The summed E-state index contributed by atoms with van der Waals surface area (Å²) >= 11 is 0. The minimum Gasteiger partial charge on any atom is -0.424 e. The van der Waals surface area contributed by atoms with Gasteiger partial charge in [-0.25, -0.2) is 0 Å². The summed E-state index contributed by atoms with van der Waals surface area (Å²) in [5, 5.41) is 10.7. The Morgan fingerprint density at radius 1 is 1.29 bits per heavy atom. The molecule has 0 atom stereocenters. The molecule has 1 aromatic carbocycles. The highest BCUT2D eigenvalue weighted by Gasteiger charge is 2.03. The smallest absolute Gasteiger partial charge is 0.295 e. The number of rotatable bonds is 4. The lowest BCUT2D eigenvalue weighted by atomic mass is 10.3. The number of hydrogen-bond acceptors (Lipinski definition) is 5. The van der Waals surface area contributed by atoms with E-state index in [4.69, 9.17) is 4.42 Å². The van der Waals surface area contributed by atoms with Gasteiger partial charge in [-0.1, -0.05) is 17.3 Å². The number of oxazole rings is 1. The van der Waals surface area contributed by atoms with Gasteiger partial charge in [-0.3, -0.25) is 4.68 Å². The van der Waals surface area contributed by atoms with E-state index in [-0.39, 0.29) is 0 Å². The van der Waals surface area contributed by atoms with Crippen molar-refractivity contribution in [2.24, 2.45) is 0 Å². The van der Waals surface area contributed by atoms with Crippen LogP contribution in [-0.4, -0.2) is 26.5 Å². The first-order valence-electron chi connectivity index (χ1n) is 5.35. The molecule has 6 nitrogen and oxygen atoms in total. The highest BCUT2D eigenvalue weighted by Crippen LogP contribution is 2.17. The number of hydrogen-bond donors (Lipinski definition) is 1. The van der Waals surface area contributed by atoms with Gasteiger partial charge in [0.15, 0.2) is 5.58 Å². The van der Waals surface area contributed by atoms with Crippen molar-refractivity contribution in [3.63, 3.8) is 0 Å². The lowest BCUT2D eigenvalue weighted by Crippen LogP contribution is -2.11. The van der Waals surface area contributed by atoms with Crippen LogP contribution in [0.1, 0.15) is 0 Å². The van der Waals surface area contributed by atoms with Crippen molar-refractivity contribution in [1.82, 2.24) is 20.0 Å². The highest BCUT2D eigenvalue weighted by atomic mass is 16.4. The zero-order valence-corrected chi connectivity index (χ0v) is 9.08. The fourth-order valence-corrected chi connectivity index (χ4v) is 1.58. The molecule has 0 saturated heterocycles. The monoisotopic (exact) mass is 229 g/mol. The first-order valence-corrected chi connectivity index (χ1v) is 5.35. The third-order valence-electron chi connectivity index (χ3n) is 2.38. The van der Waals surface area contributed by atoms with Gasteiger partial charge in [0, 0.05) is 12.7 Å². The number of benzene rings is 1. The van der Waals surface area contributed by atoms with Gasteiger partial charge in [-0.05, 0) is 12.1 Å². The Balaban J connectivity index is 1.65.